The number of piperidine rings is 1. The first-order valence-corrected chi connectivity index (χ1v) is 6.35. The topological polar surface area (TPSA) is 40.5 Å². The van der Waals surface area contributed by atoms with Crippen molar-refractivity contribution >= 4 is 5.97 Å². The van der Waals surface area contributed by atoms with E-state index in [9.17, 15) is 9.90 Å². The molecule has 1 saturated heterocycles. The Balaban J connectivity index is 1.92. The van der Waals surface area contributed by atoms with E-state index in [1.54, 1.807) is 0 Å². The van der Waals surface area contributed by atoms with Crippen molar-refractivity contribution in [2.75, 3.05) is 13.1 Å². The molecule has 0 bridgehead atoms. The Morgan fingerprint density at radius 1 is 1.19 bits per heavy atom. The Morgan fingerprint density at radius 2 is 1.69 bits per heavy atom. The summed E-state index contributed by atoms with van der Waals surface area (Å²) in [6, 6.07) is 0.617. The first-order chi connectivity index (χ1) is 7.37. The van der Waals surface area contributed by atoms with Gasteiger partial charge in [-0.1, -0.05) is 6.92 Å². The molecule has 1 heterocycles. The molecule has 0 amide bonds. The second-order valence-corrected chi connectivity index (χ2v) is 6.23. The molecule has 1 aliphatic heterocycles. The summed E-state index contributed by atoms with van der Waals surface area (Å²) in [4.78, 5) is 13.6. The lowest BCUT2D eigenvalue weighted by Gasteiger charge is -2.41. The highest BCUT2D eigenvalue weighted by atomic mass is 16.4. The van der Waals surface area contributed by atoms with Gasteiger partial charge in [-0.2, -0.15) is 0 Å². The summed E-state index contributed by atoms with van der Waals surface area (Å²) in [5.41, 5.74) is 0.0254. The molecule has 2 fully saturated rings. The third-order valence-electron chi connectivity index (χ3n) is 5.01. The Morgan fingerprint density at radius 3 is 2.06 bits per heavy atom. The number of nitrogens with zero attached hydrogens (tertiary/aromatic N) is 1. The lowest BCUT2D eigenvalue weighted by molar-refractivity contribution is -0.151. The average Bonchev–Trinajstić information content (AvgIpc) is 2.98. The zero-order chi connectivity index (χ0) is 12.0. The van der Waals surface area contributed by atoms with Crippen LogP contribution in [0.1, 0.15) is 46.5 Å². The van der Waals surface area contributed by atoms with Crippen molar-refractivity contribution in [1.29, 1.82) is 0 Å². The van der Waals surface area contributed by atoms with Crippen molar-refractivity contribution in [3.05, 3.63) is 0 Å². The fourth-order valence-corrected chi connectivity index (χ4v) is 2.67. The first kappa shape index (κ1) is 11.9. The second-order valence-electron chi connectivity index (χ2n) is 6.23. The molecule has 1 saturated carbocycles. The van der Waals surface area contributed by atoms with Gasteiger partial charge in [0, 0.05) is 6.04 Å². The molecule has 1 unspecified atom stereocenters. The monoisotopic (exact) mass is 225 g/mol. The molecular weight excluding hydrogens is 202 g/mol. The van der Waals surface area contributed by atoms with Crippen molar-refractivity contribution in [2.24, 2.45) is 10.8 Å². The number of hydrogen-bond acceptors (Lipinski definition) is 2. The highest BCUT2D eigenvalue weighted by molar-refractivity contribution is 5.74. The Hall–Kier alpha value is -0.570. The smallest absolute Gasteiger partial charge is 0.309 e. The quantitative estimate of drug-likeness (QED) is 0.801. The van der Waals surface area contributed by atoms with Crippen LogP contribution in [0.5, 0.6) is 0 Å². The Bertz CT molecular complexity index is 288. The minimum absolute atomic E-state index is 0.485. The van der Waals surface area contributed by atoms with Gasteiger partial charge < -0.3 is 10.0 Å². The summed E-state index contributed by atoms with van der Waals surface area (Å²) in [7, 11) is 0. The molecule has 0 radical (unpaired) electrons. The molecule has 1 aliphatic carbocycles. The minimum Gasteiger partial charge on any atom is -0.481 e. The second kappa shape index (κ2) is 3.73. The molecule has 3 nitrogen and oxygen atoms in total. The maximum absolute atomic E-state index is 11.1. The zero-order valence-electron chi connectivity index (χ0n) is 10.6. The SMILES string of the molecule is CC(N1CCC(C)(C(=O)O)CC1)C1(C)CC1. The van der Waals surface area contributed by atoms with E-state index in [0.29, 0.717) is 11.5 Å². The van der Waals surface area contributed by atoms with Gasteiger partial charge in [-0.15, -0.1) is 0 Å². The zero-order valence-corrected chi connectivity index (χ0v) is 10.6. The molecule has 16 heavy (non-hydrogen) atoms. The van der Waals surface area contributed by atoms with E-state index in [0.717, 1.165) is 25.9 Å². The summed E-state index contributed by atoms with van der Waals surface area (Å²) < 4.78 is 0. The highest BCUT2D eigenvalue weighted by Crippen LogP contribution is 2.50. The number of carbonyl (C=O) groups is 1. The summed E-state index contributed by atoms with van der Waals surface area (Å²) in [6.07, 6.45) is 4.26. The van der Waals surface area contributed by atoms with Gasteiger partial charge in [-0.05, 0) is 58.0 Å². The van der Waals surface area contributed by atoms with Crippen LogP contribution in [0.15, 0.2) is 0 Å². The Labute approximate surface area is 97.8 Å². The largest absolute Gasteiger partial charge is 0.481 e. The minimum atomic E-state index is -0.627. The summed E-state index contributed by atoms with van der Waals surface area (Å²) >= 11 is 0. The van der Waals surface area contributed by atoms with Crippen LogP contribution in [-0.2, 0) is 4.79 Å². The van der Waals surface area contributed by atoms with E-state index in [-0.39, 0.29) is 0 Å². The lowest BCUT2D eigenvalue weighted by Crippen LogP contribution is -2.48. The van der Waals surface area contributed by atoms with Gasteiger partial charge >= 0.3 is 5.97 Å². The van der Waals surface area contributed by atoms with Crippen LogP contribution in [0.25, 0.3) is 0 Å². The molecule has 0 aromatic carbocycles. The standard InChI is InChI=1S/C13H23NO2/c1-10(12(2)4-5-12)14-8-6-13(3,7-9-14)11(15)16/h10H,4-9H2,1-3H3,(H,15,16). The molecule has 2 aliphatic rings. The van der Waals surface area contributed by atoms with E-state index >= 15 is 0 Å². The predicted molar refractivity (Wildman–Crippen MR) is 63.4 cm³/mol. The van der Waals surface area contributed by atoms with E-state index in [2.05, 4.69) is 18.7 Å². The Kier molecular flexibility index (Phi) is 2.77. The van der Waals surface area contributed by atoms with Crippen LogP contribution in [0.3, 0.4) is 0 Å². The summed E-state index contributed by atoms with van der Waals surface area (Å²) in [6.45, 7) is 8.42. The van der Waals surface area contributed by atoms with Crippen molar-refractivity contribution in [3.8, 4) is 0 Å². The van der Waals surface area contributed by atoms with Gasteiger partial charge in [-0.25, -0.2) is 0 Å². The maximum atomic E-state index is 11.1. The third-order valence-corrected chi connectivity index (χ3v) is 5.01. The van der Waals surface area contributed by atoms with Crippen LogP contribution in [0.4, 0.5) is 0 Å². The van der Waals surface area contributed by atoms with E-state index in [1.807, 2.05) is 6.92 Å². The highest BCUT2D eigenvalue weighted by Gasteiger charge is 2.47. The van der Waals surface area contributed by atoms with Gasteiger partial charge in [0.1, 0.15) is 0 Å². The molecule has 0 aromatic heterocycles. The molecular formula is C13H23NO2. The molecule has 92 valence electrons. The number of hydrogen-bond donors (Lipinski definition) is 1. The van der Waals surface area contributed by atoms with Crippen LogP contribution in [0.2, 0.25) is 0 Å². The van der Waals surface area contributed by atoms with Crippen LogP contribution < -0.4 is 0 Å². The van der Waals surface area contributed by atoms with Gasteiger partial charge in [0.2, 0.25) is 0 Å². The number of carboxylic acid groups (broad SMARTS) is 1. The van der Waals surface area contributed by atoms with Crippen molar-refractivity contribution in [3.63, 3.8) is 0 Å². The molecule has 3 heteroatoms. The average molecular weight is 225 g/mol. The number of aliphatic carboxylic acids is 1. The first-order valence-electron chi connectivity index (χ1n) is 6.35. The number of likely N-dealkylation sites (tertiary alicyclic amines) is 1. The molecule has 2 rings (SSSR count). The number of rotatable bonds is 3. The molecule has 1 atom stereocenters. The molecule has 0 aromatic rings. The van der Waals surface area contributed by atoms with E-state index in [4.69, 9.17) is 0 Å². The van der Waals surface area contributed by atoms with Gasteiger partial charge in [-0.3, -0.25) is 4.79 Å². The normalized spacial score (nSPS) is 29.7. The fourth-order valence-electron chi connectivity index (χ4n) is 2.67. The van der Waals surface area contributed by atoms with Gasteiger partial charge in [0.15, 0.2) is 0 Å². The summed E-state index contributed by atoms with van der Waals surface area (Å²) in [5.74, 6) is -0.627. The van der Waals surface area contributed by atoms with Crippen LogP contribution in [-0.4, -0.2) is 35.1 Å². The number of carboxylic acids is 1. The van der Waals surface area contributed by atoms with Crippen LogP contribution >= 0.6 is 0 Å². The van der Waals surface area contributed by atoms with Crippen molar-refractivity contribution < 1.29 is 9.90 Å². The van der Waals surface area contributed by atoms with Crippen molar-refractivity contribution in [2.45, 2.75) is 52.5 Å². The van der Waals surface area contributed by atoms with Crippen LogP contribution in [0, 0.1) is 10.8 Å². The predicted octanol–water partition coefficient (Wildman–Crippen LogP) is 2.36. The lowest BCUT2D eigenvalue weighted by atomic mass is 9.79. The molecule has 1 N–H and O–H groups in total. The maximum Gasteiger partial charge on any atom is 0.309 e. The summed E-state index contributed by atoms with van der Waals surface area (Å²) in [5, 5.41) is 9.18. The van der Waals surface area contributed by atoms with Crippen molar-refractivity contribution in [1.82, 2.24) is 4.90 Å². The van der Waals surface area contributed by atoms with E-state index < -0.39 is 11.4 Å². The van der Waals surface area contributed by atoms with Gasteiger partial charge in [0.05, 0.1) is 5.41 Å². The molecule has 0 spiro atoms. The third kappa shape index (κ3) is 1.97. The fraction of sp³-hybridized carbons (Fsp3) is 0.923. The van der Waals surface area contributed by atoms with Gasteiger partial charge in [0.25, 0.3) is 0 Å². The van der Waals surface area contributed by atoms with E-state index in [1.165, 1.54) is 12.8 Å².